The molecule has 0 aromatic heterocycles. The van der Waals surface area contributed by atoms with Crippen molar-refractivity contribution in [2.75, 3.05) is 13.2 Å². The zero-order valence-electron chi connectivity index (χ0n) is 43.5. The summed E-state index contributed by atoms with van der Waals surface area (Å²) in [4.78, 5) is 38.1. The second-order valence-electron chi connectivity index (χ2n) is 19.2. The smallest absolute Gasteiger partial charge is 0.306 e. The first-order valence-corrected chi connectivity index (χ1v) is 28.5. The fraction of sp³-hybridized carbons (Fsp3) is 0.847. The molecule has 0 aliphatic heterocycles. The van der Waals surface area contributed by atoms with Crippen LogP contribution < -0.4 is 0 Å². The predicted octanol–water partition coefficient (Wildman–Crippen LogP) is 18.9. The fourth-order valence-electron chi connectivity index (χ4n) is 8.29. The number of allylic oxidation sites excluding steroid dienone is 6. The Hall–Kier alpha value is -2.37. The largest absolute Gasteiger partial charge is 0.462 e. The van der Waals surface area contributed by atoms with Crippen LogP contribution in [-0.2, 0) is 28.6 Å². The van der Waals surface area contributed by atoms with Crippen molar-refractivity contribution in [3.8, 4) is 0 Å². The van der Waals surface area contributed by atoms with E-state index in [1.165, 1.54) is 199 Å². The van der Waals surface area contributed by atoms with Gasteiger partial charge in [-0.05, 0) is 77.0 Å². The molecule has 6 heteroatoms. The SMILES string of the molecule is CCCCC/C=C\C/C=C\CCCCCCCCCCCC(=O)O[C@H](COC(=O)CCCCCCCCC/C=C\CCCCCC)COC(=O)CCCCCCCCCCCCCCC. The molecular formula is C59H108O6. The van der Waals surface area contributed by atoms with Crippen LogP contribution >= 0.6 is 0 Å². The van der Waals surface area contributed by atoms with E-state index in [9.17, 15) is 14.4 Å². The van der Waals surface area contributed by atoms with E-state index in [4.69, 9.17) is 14.2 Å². The van der Waals surface area contributed by atoms with Crippen molar-refractivity contribution in [3.63, 3.8) is 0 Å². The minimum atomic E-state index is -0.773. The highest BCUT2D eigenvalue weighted by Gasteiger charge is 2.19. The van der Waals surface area contributed by atoms with Crippen LogP contribution in [0, 0.1) is 0 Å². The molecule has 0 N–H and O–H groups in total. The molecule has 0 saturated heterocycles. The van der Waals surface area contributed by atoms with Crippen LogP contribution in [-0.4, -0.2) is 37.2 Å². The zero-order chi connectivity index (χ0) is 47.2. The van der Waals surface area contributed by atoms with Gasteiger partial charge in [0, 0.05) is 19.3 Å². The molecule has 1 atom stereocenters. The second kappa shape index (κ2) is 54.2. The van der Waals surface area contributed by atoms with Crippen molar-refractivity contribution in [2.45, 2.75) is 309 Å². The third-order valence-corrected chi connectivity index (χ3v) is 12.6. The van der Waals surface area contributed by atoms with Crippen LogP contribution in [0.4, 0.5) is 0 Å². The van der Waals surface area contributed by atoms with Crippen molar-refractivity contribution >= 4 is 17.9 Å². The first-order valence-electron chi connectivity index (χ1n) is 28.5. The van der Waals surface area contributed by atoms with Gasteiger partial charge in [0.25, 0.3) is 0 Å². The van der Waals surface area contributed by atoms with E-state index in [2.05, 4.69) is 57.2 Å². The third kappa shape index (κ3) is 52.5. The van der Waals surface area contributed by atoms with Gasteiger partial charge in [-0.2, -0.15) is 0 Å². The molecule has 0 aromatic rings. The summed E-state index contributed by atoms with van der Waals surface area (Å²) in [5.41, 5.74) is 0. The molecule has 6 nitrogen and oxygen atoms in total. The number of hydrogen-bond acceptors (Lipinski definition) is 6. The number of carbonyl (C=O) groups excluding carboxylic acids is 3. The van der Waals surface area contributed by atoms with Crippen LogP contribution in [0.1, 0.15) is 303 Å². The minimum absolute atomic E-state index is 0.0716. The highest BCUT2D eigenvalue weighted by molar-refractivity contribution is 5.71. The van der Waals surface area contributed by atoms with Crippen LogP contribution in [0.15, 0.2) is 36.5 Å². The van der Waals surface area contributed by atoms with E-state index >= 15 is 0 Å². The number of ether oxygens (including phenoxy) is 3. The van der Waals surface area contributed by atoms with Gasteiger partial charge in [-0.1, -0.05) is 243 Å². The molecule has 0 heterocycles. The van der Waals surface area contributed by atoms with Crippen molar-refractivity contribution in [2.24, 2.45) is 0 Å². The molecule has 0 spiro atoms. The quantitative estimate of drug-likeness (QED) is 0.0262. The fourth-order valence-corrected chi connectivity index (χ4v) is 8.29. The second-order valence-corrected chi connectivity index (χ2v) is 19.2. The Morgan fingerprint density at radius 3 is 0.908 bits per heavy atom. The monoisotopic (exact) mass is 913 g/mol. The lowest BCUT2D eigenvalue weighted by Crippen LogP contribution is -2.30. The first-order chi connectivity index (χ1) is 32.0. The molecule has 0 unspecified atom stereocenters. The molecule has 0 bridgehead atoms. The van der Waals surface area contributed by atoms with Gasteiger partial charge in [-0.3, -0.25) is 14.4 Å². The van der Waals surface area contributed by atoms with Crippen LogP contribution in [0.3, 0.4) is 0 Å². The lowest BCUT2D eigenvalue weighted by molar-refractivity contribution is -0.167. The van der Waals surface area contributed by atoms with Gasteiger partial charge in [-0.25, -0.2) is 0 Å². The van der Waals surface area contributed by atoms with E-state index in [1.54, 1.807) is 0 Å². The maximum atomic E-state index is 12.8. The Balaban J connectivity index is 4.34. The Morgan fingerprint density at radius 2 is 0.554 bits per heavy atom. The average Bonchev–Trinajstić information content (AvgIpc) is 3.30. The molecule has 0 aliphatic rings. The maximum absolute atomic E-state index is 12.8. The van der Waals surface area contributed by atoms with Gasteiger partial charge >= 0.3 is 17.9 Å². The third-order valence-electron chi connectivity index (χ3n) is 12.6. The van der Waals surface area contributed by atoms with E-state index in [-0.39, 0.29) is 31.1 Å². The van der Waals surface area contributed by atoms with Gasteiger partial charge in [0.2, 0.25) is 0 Å². The van der Waals surface area contributed by atoms with Crippen LogP contribution in [0.5, 0.6) is 0 Å². The van der Waals surface area contributed by atoms with Gasteiger partial charge in [-0.15, -0.1) is 0 Å². The standard InChI is InChI=1S/C59H108O6/c1-4-7-10-13-16-19-22-25-27-28-29-30-32-35-38-41-44-47-50-53-59(62)65-56(54-63-57(60)51-48-45-42-39-36-33-24-21-18-15-12-9-6-3)55-64-58(61)52-49-46-43-40-37-34-31-26-23-20-17-14-11-8-5-2/h16,19-20,23,25,27,56H,4-15,17-18,21-22,24,26,28-55H2,1-3H3/b19-16-,23-20-,27-25-/t56-/m0/s1. The normalized spacial score (nSPS) is 12.2. The van der Waals surface area contributed by atoms with Gasteiger partial charge in [0.1, 0.15) is 13.2 Å². The Bertz CT molecular complexity index is 1090. The number of rotatable bonds is 52. The Kier molecular flexibility index (Phi) is 52.3. The molecule has 0 fully saturated rings. The number of unbranched alkanes of at least 4 members (excludes halogenated alkanes) is 35. The highest BCUT2D eigenvalue weighted by atomic mass is 16.6. The van der Waals surface area contributed by atoms with Crippen LogP contribution in [0.2, 0.25) is 0 Å². The maximum Gasteiger partial charge on any atom is 0.306 e. The van der Waals surface area contributed by atoms with E-state index in [0.29, 0.717) is 19.3 Å². The van der Waals surface area contributed by atoms with Crippen molar-refractivity contribution in [1.82, 2.24) is 0 Å². The summed E-state index contributed by atoms with van der Waals surface area (Å²) in [7, 11) is 0. The molecule has 380 valence electrons. The summed E-state index contributed by atoms with van der Waals surface area (Å²) in [6, 6.07) is 0. The van der Waals surface area contributed by atoms with Gasteiger partial charge in [0.15, 0.2) is 6.10 Å². The molecule has 0 saturated carbocycles. The van der Waals surface area contributed by atoms with E-state index < -0.39 is 6.10 Å². The number of carbonyl (C=O) groups is 3. The molecule has 0 radical (unpaired) electrons. The van der Waals surface area contributed by atoms with Crippen molar-refractivity contribution < 1.29 is 28.6 Å². The summed E-state index contributed by atoms with van der Waals surface area (Å²) in [6.45, 7) is 6.63. The lowest BCUT2D eigenvalue weighted by Gasteiger charge is -2.18. The predicted molar refractivity (Wildman–Crippen MR) is 279 cm³/mol. The molecule has 65 heavy (non-hydrogen) atoms. The van der Waals surface area contributed by atoms with Crippen molar-refractivity contribution in [1.29, 1.82) is 0 Å². The summed E-state index contributed by atoms with van der Waals surface area (Å²) < 4.78 is 16.9. The number of hydrogen-bond donors (Lipinski definition) is 0. The summed E-state index contributed by atoms with van der Waals surface area (Å²) in [5, 5.41) is 0. The Morgan fingerprint density at radius 1 is 0.308 bits per heavy atom. The average molecular weight is 914 g/mol. The van der Waals surface area contributed by atoms with Gasteiger partial charge < -0.3 is 14.2 Å². The lowest BCUT2D eigenvalue weighted by atomic mass is 10.0. The summed E-state index contributed by atoms with van der Waals surface area (Å²) in [5.74, 6) is -0.865. The first kappa shape index (κ1) is 62.6. The molecule has 0 rings (SSSR count). The highest BCUT2D eigenvalue weighted by Crippen LogP contribution is 2.16. The Labute approximate surface area is 404 Å². The van der Waals surface area contributed by atoms with Crippen LogP contribution in [0.25, 0.3) is 0 Å². The molecule has 0 aromatic carbocycles. The topological polar surface area (TPSA) is 78.9 Å². The van der Waals surface area contributed by atoms with E-state index in [0.717, 1.165) is 64.2 Å². The molecule has 0 amide bonds. The molecular weight excluding hydrogens is 805 g/mol. The summed E-state index contributed by atoms with van der Waals surface area (Å²) in [6.07, 6.45) is 64.1. The van der Waals surface area contributed by atoms with Gasteiger partial charge in [0.05, 0.1) is 0 Å². The minimum Gasteiger partial charge on any atom is -0.462 e. The molecule has 0 aliphatic carbocycles. The van der Waals surface area contributed by atoms with E-state index in [1.807, 2.05) is 0 Å². The van der Waals surface area contributed by atoms with Crippen molar-refractivity contribution in [3.05, 3.63) is 36.5 Å². The summed E-state index contributed by atoms with van der Waals surface area (Å²) >= 11 is 0. The number of esters is 3. The zero-order valence-corrected chi connectivity index (χ0v) is 43.5.